The van der Waals surface area contributed by atoms with Gasteiger partial charge in [-0.15, -0.1) is 0 Å². The van der Waals surface area contributed by atoms with Gasteiger partial charge in [0.2, 0.25) is 5.91 Å². The van der Waals surface area contributed by atoms with Crippen LogP contribution in [-0.4, -0.2) is 26.7 Å². The standard InChI is InChI=1S/C20H21BrN6O/c21-17-7-5-16(6-8-17)18-9-19(26-25-18)20(28)23-10-14-1-3-15(4-2-14)11-27-13-22-12-24-27/h1-8,12-13,18-19,25-26H,9-11H2,(H,23,28). The van der Waals surface area contributed by atoms with Crippen molar-refractivity contribution >= 4 is 21.8 Å². The van der Waals surface area contributed by atoms with Gasteiger partial charge in [0.05, 0.1) is 6.54 Å². The van der Waals surface area contributed by atoms with E-state index >= 15 is 0 Å². The fourth-order valence-electron chi connectivity index (χ4n) is 3.22. The first-order valence-corrected chi connectivity index (χ1v) is 9.91. The summed E-state index contributed by atoms with van der Waals surface area (Å²) in [5.74, 6) is -0.00111. The molecule has 1 saturated heterocycles. The Hall–Kier alpha value is -2.55. The number of hydrogen-bond donors (Lipinski definition) is 3. The Kier molecular flexibility index (Phi) is 5.80. The van der Waals surface area contributed by atoms with E-state index in [1.807, 2.05) is 36.4 Å². The van der Waals surface area contributed by atoms with Crippen LogP contribution in [-0.2, 0) is 17.9 Å². The Morgan fingerprint density at radius 2 is 1.86 bits per heavy atom. The Morgan fingerprint density at radius 1 is 1.11 bits per heavy atom. The lowest BCUT2D eigenvalue weighted by Gasteiger charge is -2.11. The van der Waals surface area contributed by atoms with Crippen molar-refractivity contribution < 1.29 is 4.79 Å². The quantitative estimate of drug-likeness (QED) is 0.547. The molecule has 2 atom stereocenters. The molecule has 0 bridgehead atoms. The van der Waals surface area contributed by atoms with Crippen molar-refractivity contribution in [3.63, 3.8) is 0 Å². The van der Waals surface area contributed by atoms with Crippen LogP contribution in [0.25, 0.3) is 0 Å². The second-order valence-corrected chi connectivity index (χ2v) is 7.72. The van der Waals surface area contributed by atoms with Gasteiger partial charge in [0.1, 0.15) is 18.7 Å². The monoisotopic (exact) mass is 440 g/mol. The van der Waals surface area contributed by atoms with Crippen LogP contribution in [0.1, 0.15) is 29.2 Å². The third-order valence-electron chi connectivity index (χ3n) is 4.79. The number of carbonyl (C=O) groups excluding carboxylic acids is 1. The minimum atomic E-state index is -0.250. The summed E-state index contributed by atoms with van der Waals surface area (Å²) in [6.45, 7) is 1.19. The number of nitrogens with zero attached hydrogens (tertiary/aromatic N) is 3. The molecule has 144 valence electrons. The lowest BCUT2D eigenvalue weighted by molar-refractivity contribution is -0.123. The average Bonchev–Trinajstić information content (AvgIpc) is 3.40. The van der Waals surface area contributed by atoms with Crippen molar-refractivity contribution in [2.75, 3.05) is 0 Å². The van der Waals surface area contributed by atoms with E-state index in [1.54, 1.807) is 11.0 Å². The van der Waals surface area contributed by atoms with Crippen LogP contribution in [0.15, 0.2) is 65.7 Å². The van der Waals surface area contributed by atoms with E-state index in [4.69, 9.17) is 0 Å². The largest absolute Gasteiger partial charge is 0.351 e. The van der Waals surface area contributed by atoms with Crippen molar-refractivity contribution in [3.8, 4) is 0 Å². The second-order valence-electron chi connectivity index (χ2n) is 6.81. The Bertz CT molecular complexity index is 911. The fraction of sp³-hybridized carbons (Fsp3) is 0.250. The van der Waals surface area contributed by atoms with E-state index < -0.39 is 0 Å². The van der Waals surface area contributed by atoms with Crippen molar-refractivity contribution in [3.05, 3.63) is 82.3 Å². The molecule has 0 radical (unpaired) electrons. The van der Waals surface area contributed by atoms with E-state index in [0.717, 1.165) is 21.2 Å². The van der Waals surface area contributed by atoms with Crippen molar-refractivity contribution in [2.24, 2.45) is 0 Å². The highest BCUT2D eigenvalue weighted by Gasteiger charge is 2.29. The van der Waals surface area contributed by atoms with Gasteiger partial charge in [-0.2, -0.15) is 5.10 Å². The molecule has 0 saturated carbocycles. The average molecular weight is 441 g/mol. The maximum Gasteiger partial charge on any atom is 0.238 e. The lowest BCUT2D eigenvalue weighted by atomic mass is 10.0. The van der Waals surface area contributed by atoms with Crippen LogP contribution in [0.4, 0.5) is 0 Å². The number of amides is 1. The first kappa shape index (κ1) is 18.8. The van der Waals surface area contributed by atoms with Gasteiger partial charge in [-0.3, -0.25) is 4.79 Å². The van der Waals surface area contributed by atoms with Crippen molar-refractivity contribution in [1.29, 1.82) is 0 Å². The van der Waals surface area contributed by atoms with Gasteiger partial charge < -0.3 is 5.32 Å². The Morgan fingerprint density at radius 3 is 2.57 bits per heavy atom. The molecule has 1 fully saturated rings. The third kappa shape index (κ3) is 4.64. The third-order valence-corrected chi connectivity index (χ3v) is 5.32. The highest BCUT2D eigenvalue weighted by Crippen LogP contribution is 2.23. The minimum absolute atomic E-state index is 0.00111. The molecular formula is C20H21BrN6O. The number of carbonyl (C=O) groups is 1. The molecule has 8 heteroatoms. The van der Waals surface area contributed by atoms with Gasteiger partial charge in [-0.1, -0.05) is 52.3 Å². The number of hydrogen-bond acceptors (Lipinski definition) is 5. The van der Waals surface area contributed by atoms with Crippen LogP contribution in [0.5, 0.6) is 0 Å². The first-order chi connectivity index (χ1) is 13.7. The predicted molar refractivity (Wildman–Crippen MR) is 109 cm³/mol. The molecule has 0 aliphatic carbocycles. The molecule has 2 unspecified atom stereocenters. The number of hydrazine groups is 1. The lowest BCUT2D eigenvalue weighted by Crippen LogP contribution is -2.42. The van der Waals surface area contributed by atoms with E-state index in [-0.39, 0.29) is 18.0 Å². The molecule has 1 aliphatic heterocycles. The zero-order valence-electron chi connectivity index (χ0n) is 15.2. The molecule has 7 nitrogen and oxygen atoms in total. The molecule has 2 aromatic carbocycles. The van der Waals surface area contributed by atoms with Gasteiger partial charge in [-0.05, 0) is 35.2 Å². The molecule has 0 spiro atoms. The summed E-state index contributed by atoms with van der Waals surface area (Å²) in [7, 11) is 0. The smallest absolute Gasteiger partial charge is 0.238 e. The minimum Gasteiger partial charge on any atom is -0.351 e. The van der Waals surface area contributed by atoms with Crippen LogP contribution >= 0.6 is 15.9 Å². The zero-order chi connectivity index (χ0) is 19.3. The van der Waals surface area contributed by atoms with Crippen LogP contribution in [0, 0.1) is 0 Å². The summed E-state index contributed by atoms with van der Waals surface area (Å²) in [5.41, 5.74) is 9.67. The summed E-state index contributed by atoms with van der Waals surface area (Å²) in [6.07, 6.45) is 3.93. The molecule has 3 N–H and O–H groups in total. The Balaban J connectivity index is 1.27. The molecule has 3 aromatic rings. The van der Waals surface area contributed by atoms with Gasteiger partial charge in [-0.25, -0.2) is 20.5 Å². The van der Waals surface area contributed by atoms with Gasteiger partial charge >= 0.3 is 0 Å². The van der Waals surface area contributed by atoms with Gasteiger partial charge in [0.25, 0.3) is 0 Å². The summed E-state index contributed by atoms with van der Waals surface area (Å²) >= 11 is 3.44. The normalized spacial score (nSPS) is 18.9. The van der Waals surface area contributed by atoms with E-state index in [0.29, 0.717) is 19.5 Å². The fourth-order valence-corrected chi connectivity index (χ4v) is 3.48. The highest BCUT2D eigenvalue weighted by atomic mass is 79.9. The molecule has 2 heterocycles. The molecular weight excluding hydrogens is 420 g/mol. The SMILES string of the molecule is O=C(NCc1ccc(Cn2cncn2)cc1)C1CC(c2ccc(Br)cc2)NN1. The molecule has 1 aliphatic rings. The van der Waals surface area contributed by atoms with Gasteiger partial charge in [0.15, 0.2) is 0 Å². The zero-order valence-corrected chi connectivity index (χ0v) is 16.8. The van der Waals surface area contributed by atoms with Crippen LogP contribution in [0.3, 0.4) is 0 Å². The number of nitrogens with one attached hydrogen (secondary N) is 3. The number of halogens is 1. The second kappa shape index (κ2) is 8.64. The summed E-state index contributed by atoms with van der Waals surface area (Å²) in [4.78, 5) is 16.4. The topological polar surface area (TPSA) is 83.9 Å². The van der Waals surface area contributed by atoms with E-state index in [2.05, 4.69) is 54.3 Å². The van der Waals surface area contributed by atoms with Crippen LogP contribution in [0.2, 0.25) is 0 Å². The summed E-state index contributed by atoms with van der Waals surface area (Å²) in [6, 6.07) is 16.2. The summed E-state index contributed by atoms with van der Waals surface area (Å²) < 4.78 is 2.82. The number of aromatic nitrogens is 3. The number of benzene rings is 2. The van der Waals surface area contributed by atoms with Crippen molar-refractivity contribution in [2.45, 2.75) is 31.6 Å². The molecule has 4 rings (SSSR count). The van der Waals surface area contributed by atoms with Crippen LogP contribution < -0.4 is 16.2 Å². The summed E-state index contributed by atoms with van der Waals surface area (Å²) in [5, 5.41) is 7.11. The van der Waals surface area contributed by atoms with E-state index in [1.165, 1.54) is 6.33 Å². The van der Waals surface area contributed by atoms with Gasteiger partial charge in [0, 0.05) is 17.1 Å². The molecule has 28 heavy (non-hydrogen) atoms. The number of rotatable bonds is 6. The predicted octanol–water partition coefficient (Wildman–Crippen LogP) is 2.31. The Labute approximate surface area is 171 Å². The highest BCUT2D eigenvalue weighted by molar-refractivity contribution is 9.10. The van der Waals surface area contributed by atoms with E-state index in [9.17, 15) is 4.79 Å². The maximum atomic E-state index is 12.5. The maximum absolute atomic E-state index is 12.5. The molecule has 1 aromatic heterocycles. The first-order valence-electron chi connectivity index (χ1n) is 9.12. The molecule has 1 amide bonds. The van der Waals surface area contributed by atoms with Crippen molar-refractivity contribution in [1.82, 2.24) is 30.9 Å².